The molecule has 1 atom stereocenters. The van der Waals surface area contributed by atoms with Gasteiger partial charge in [-0.25, -0.2) is 4.39 Å². The van der Waals surface area contributed by atoms with Gasteiger partial charge >= 0.3 is 0 Å². The van der Waals surface area contributed by atoms with Crippen LogP contribution in [0, 0.1) is 5.82 Å². The van der Waals surface area contributed by atoms with Crippen LogP contribution in [0.1, 0.15) is 56.1 Å². The average Bonchev–Trinajstić information content (AvgIpc) is 3.34. The number of nitrogens with zero attached hydrogens (tertiary/aromatic N) is 2. The zero-order valence-electron chi connectivity index (χ0n) is 19.4. The van der Waals surface area contributed by atoms with E-state index in [-0.39, 0.29) is 11.4 Å². The minimum absolute atomic E-state index is 0.178. The fourth-order valence-electron chi connectivity index (χ4n) is 5.97. The fourth-order valence-corrected chi connectivity index (χ4v) is 5.97. The van der Waals surface area contributed by atoms with Crippen LogP contribution in [0.15, 0.2) is 54.7 Å². The van der Waals surface area contributed by atoms with Crippen molar-refractivity contribution in [2.75, 3.05) is 19.6 Å². The molecule has 2 aliphatic heterocycles. The molecule has 33 heavy (non-hydrogen) atoms. The molecule has 0 bridgehead atoms. The van der Waals surface area contributed by atoms with Crippen molar-refractivity contribution in [3.05, 3.63) is 71.7 Å². The zero-order valence-corrected chi connectivity index (χ0v) is 19.4. The quantitative estimate of drug-likeness (QED) is 0.528. The van der Waals surface area contributed by atoms with Crippen LogP contribution in [0.25, 0.3) is 10.9 Å². The van der Waals surface area contributed by atoms with E-state index >= 15 is 0 Å². The highest BCUT2D eigenvalue weighted by molar-refractivity contribution is 5.83. The SMILES string of the molecule is O=C(CCCc1c[nH]c2ccccc12)N1CCC[C@@]2(CCCN2Cc2ccc(F)cc2)CC1. The number of aromatic amines is 1. The summed E-state index contributed by atoms with van der Waals surface area (Å²) in [5.41, 5.74) is 3.83. The Kier molecular flexibility index (Phi) is 6.50. The minimum Gasteiger partial charge on any atom is -0.361 e. The van der Waals surface area contributed by atoms with Crippen molar-refractivity contribution >= 4 is 16.8 Å². The van der Waals surface area contributed by atoms with Crippen molar-refractivity contribution in [1.29, 1.82) is 0 Å². The number of hydrogen-bond donors (Lipinski definition) is 1. The molecule has 0 aliphatic carbocycles. The van der Waals surface area contributed by atoms with Gasteiger partial charge in [-0.2, -0.15) is 0 Å². The summed E-state index contributed by atoms with van der Waals surface area (Å²) in [6.45, 7) is 3.69. The number of fused-ring (bicyclic) bond motifs is 1. The zero-order chi connectivity index (χ0) is 22.7. The Morgan fingerprint density at radius 1 is 0.970 bits per heavy atom. The smallest absolute Gasteiger partial charge is 0.222 e. The third-order valence-electron chi connectivity index (χ3n) is 7.81. The average molecular weight is 448 g/mol. The van der Waals surface area contributed by atoms with Gasteiger partial charge in [0.2, 0.25) is 5.91 Å². The van der Waals surface area contributed by atoms with Crippen LogP contribution in [0.4, 0.5) is 4.39 Å². The van der Waals surface area contributed by atoms with Gasteiger partial charge in [-0.3, -0.25) is 9.69 Å². The van der Waals surface area contributed by atoms with Crippen molar-refractivity contribution < 1.29 is 9.18 Å². The first kappa shape index (κ1) is 22.1. The lowest BCUT2D eigenvalue weighted by atomic mass is 9.87. The van der Waals surface area contributed by atoms with Crippen LogP contribution in [0.2, 0.25) is 0 Å². The molecule has 2 aromatic carbocycles. The van der Waals surface area contributed by atoms with Gasteiger partial charge in [0.25, 0.3) is 0 Å². The van der Waals surface area contributed by atoms with Gasteiger partial charge in [0, 0.05) is 48.7 Å². The predicted octanol–water partition coefficient (Wildman–Crippen LogP) is 5.68. The maximum absolute atomic E-state index is 13.3. The Hall–Kier alpha value is -2.66. The largest absolute Gasteiger partial charge is 0.361 e. The molecule has 2 saturated heterocycles. The first-order valence-electron chi connectivity index (χ1n) is 12.5. The van der Waals surface area contributed by atoms with Gasteiger partial charge in [-0.1, -0.05) is 30.3 Å². The normalized spacial score (nSPS) is 21.7. The molecule has 2 aliphatic rings. The molecule has 2 fully saturated rings. The third-order valence-corrected chi connectivity index (χ3v) is 7.81. The lowest BCUT2D eigenvalue weighted by Crippen LogP contribution is -2.44. The Morgan fingerprint density at radius 3 is 2.61 bits per heavy atom. The second kappa shape index (κ2) is 9.68. The number of nitrogens with one attached hydrogen (secondary N) is 1. The van der Waals surface area contributed by atoms with Crippen molar-refractivity contribution in [2.45, 2.75) is 63.5 Å². The third kappa shape index (κ3) is 4.84. The molecule has 174 valence electrons. The fraction of sp³-hybridized carbons (Fsp3) is 0.464. The number of H-pyrrole nitrogens is 1. The summed E-state index contributed by atoms with van der Waals surface area (Å²) in [5.74, 6) is 0.123. The van der Waals surface area contributed by atoms with Gasteiger partial charge < -0.3 is 9.88 Å². The number of halogens is 1. The topological polar surface area (TPSA) is 39.3 Å². The standard InChI is InChI=1S/C28H34FN3O/c29-24-12-10-22(11-13-24)21-32-18-5-15-28(32)14-4-17-31(19-16-28)27(33)9-3-6-23-20-30-26-8-2-1-7-25(23)26/h1-2,7-8,10-13,20,30H,3-6,9,14-19,21H2/t28-/m1/s1. The number of aryl methyl sites for hydroxylation is 1. The summed E-state index contributed by atoms with van der Waals surface area (Å²) in [6, 6.07) is 15.3. The highest BCUT2D eigenvalue weighted by atomic mass is 19.1. The van der Waals surface area contributed by atoms with E-state index in [1.54, 1.807) is 12.1 Å². The van der Waals surface area contributed by atoms with E-state index in [9.17, 15) is 9.18 Å². The van der Waals surface area contributed by atoms with Gasteiger partial charge in [0.15, 0.2) is 0 Å². The van der Waals surface area contributed by atoms with Crippen LogP contribution in [0.3, 0.4) is 0 Å². The summed E-state index contributed by atoms with van der Waals surface area (Å²) in [6.07, 6.45) is 10.2. The molecule has 1 amide bonds. The van der Waals surface area contributed by atoms with E-state index < -0.39 is 0 Å². The lowest BCUT2D eigenvalue weighted by Gasteiger charge is -2.38. The van der Waals surface area contributed by atoms with Crippen LogP contribution in [0.5, 0.6) is 0 Å². The van der Waals surface area contributed by atoms with E-state index in [1.165, 1.54) is 34.9 Å². The van der Waals surface area contributed by atoms with Crippen molar-refractivity contribution in [2.24, 2.45) is 0 Å². The second-order valence-corrected chi connectivity index (χ2v) is 9.82. The molecule has 0 saturated carbocycles. The second-order valence-electron chi connectivity index (χ2n) is 9.82. The Balaban J connectivity index is 1.15. The summed E-state index contributed by atoms with van der Waals surface area (Å²) in [5, 5.41) is 1.27. The van der Waals surface area contributed by atoms with Gasteiger partial charge in [-0.15, -0.1) is 0 Å². The summed E-state index contributed by atoms with van der Waals surface area (Å²) >= 11 is 0. The van der Waals surface area contributed by atoms with E-state index in [0.29, 0.717) is 12.3 Å². The summed E-state index contributed by atoms with van der Waals surface area (Å²) in [4.78, 5) is 21.1. The number of benzene rings is 2. The lowest BCUT2D eigenvalue weighted by molar-refractivity contribution is -0.131. The molecule has 1 spiro atoms. The van der Waals surface area contributed by atoms with Gasteiger partial charge in [-0.05, 0) is 80.8 Å². The van der Waals surface area contributed by atoms with E-state index in [0.717, 1.165) is 58.3 Å². The van der Waals surface area contributed by atoms with Crippen molar-refractivity contribution in [1.82, 2.24) is 14.8 Å². The molecular formula is C28H34FN3O. The minimum atomic E-state index is -0.178. The molecule has 1 N–H and O–H groups in total. The monoisotopic (exact) mass is 447 g/mol. The van der Waals surface area contributed by atoms with Crippen LogP contribution in [-0.2, 0) is 17.8 Å². The first-order chi connectivity index (χ1) is 16.1. The molecule has 5 rings (SSSR count). The Bertz CT molecular complexity index is 1090. The molecule has 4 nitrogen and oxygen atoms in total. The number of para-hydroxylation sites is 1. The Labute approximate surface area is 195 Å². The number of likely N-dealkylation sites (tertiary alicyclic amines) is 2. The van der Waals surface area contributed by atoms with E-state index in [2.05, 4.69) is 39.2 Å². The van der Waals surface area contributed by atoms with E-state index in [4.69, 9.17) is 0 Å². The molecule has 3 aromatic rings. The molecule has 1 aromatic heterocycles. The number of aromatic nitrogens is 1. The number of hydrogen-bond acceptors (Lipinski definition) is 2. The molecule has 5 heteroatoms. The Morgan fingerprint density at radius 2 is 1.76 bits per heavy atom. The number of rotatable bonds is 6. The molecular weight excluding hydrogens is 413 g/mol. The first-order valence-corrected chi connectivity index (χ1v) is 12.5. The summed E-state index contributed by atoms with van der Waals surface area (Å²) in [7, 11) is 0. The summed E-state index contributed by atoms with van der Waals surface area (Å²) < 4.78 is 13.3. The van der Waals surface area contributed by atoms with Crippen LogP contribution < -0.4 is 0 Å². The maximum atomic E-state index is 13.3. The molecule has 0 unspecified atom stereocenters. The highest BCUT2D eigenvalue weighted by Gasteiger charge is 2.41. The van der Waals surface area contributed by atoms with Crippen molar-refractivity contribution in [3.63, 3.8) is 0 Å². The number of carbonyl (C=O) groups excluding carboxylic acids is 1. The van der Waals surface area contributed by atoms with Gasteiger partial charge in [0.05, 0.1) is 0 Å². The molecule has 0 radical (unpaired) electrons. The number of amides is 1. The maximum Gasteiger partial charge on any atom is 0.222 e. The number of carbonyl (C=O) groups is 1. The highest BCUT2D eigenvalue weighted by Crippen LogP contribution is 2.39. The molecule has 3 heterocycles. The van der Waals surface area contributed by atoms with Crippen LogP contribution >= 0.6 is 0 Å². The van der Waals surface area contributed by atoms with Gasteiger partial charge in [0.1, 0.15) is 5.82 Å². The van der Waals surface area contributed by atoms with E-state index in [1.807, 2.05) is 18.2 Å². The van der Waals surface area contributed by atoms with Crippen LogP contribution in [-0.4, -0.2) is 45.9 Å². The predicted molar refractivity (Wildman–Crippen MR) is 130 cm³/mol. The van der Waals surface area contributed by atoms with Crippen molar-refractivity contribution in [3.8, 4) is 0 Å².